The Labute approximate surface area is 104 Å². The molecule has 0 radical (unpaired) electrons. The van der Waals surface area contributed by atoms with Crippen molar-refractivity contribution in [3.05, 3.63) is 52.4 Å². The minimum absolute atomic E-state index is 0.103. The third kappa shape index (κ3) is 1.62. The number of hydrogen-bond donors (Lipinski definition) is 1. The average Bonchev–Trinajstić information content (AvgIpc) is 2.67. The van der Waals surface area contributed by atoms with Crippen molar-refractivity contribution in [3.63, 3.8) is 0 Å². The summed E-state index contributed by atoms with van der Waals surface area (Å²) in [6, 6.07) is 9.49. The number of hydrogen-bond acceptors (Lipinski definition) is 2. The highest BCUT2D eigenvalue weighted by atomic mass is 16.1. The Bertz CT molecular complexity index is 763. The van der Waals surface area contributed by atoms with Crippen LogP contribution in [-0.2, 0) is 7.05 Å². The van der Waals surface area contributed by atoms with E-state index in [1.807, 2.05) is 18.5 Å². The van der Waals surface area contributed by atoms with Crippen LogP contribution in [0.2, 0.25) is 0 Å². The van der Waals surface area contributed by atoms with Crippen molar-refractivity contribution < 1.29 is 0 Å². The van der Waals surface area contributed by atoms with Crippen molar-refractivity contribution in [2.45, 2.75) is 6.92 Å². The summed E-state index contributed by atoms with van der Waals surface area (Å²) in [4.78, 5) is 18.4. The number of nitrogens with one attached hydrogen (secondary N) is 1. The van der Waals surface area contributed by atoms with Gasteiger partial charge in [-0.3, -0.25) is 4.79 Å². The van der Waals surface area contributed by atoms with Gasteiger partial charge < -0.3 is 9.55 Å². The third-order valence-corrected chi connectivity index (χ3v) is 3.08. The molecule has 0 fully saturated rings. The number of aryl methyl sites for hydroxylation is 2. The number of fused-ring (bicyclic) bond motifs is 1. The van der Waals surface area contributed by atoms with Crippen LogP contribution in [0.25, 0.3) is 22.4 Å². The molecule has 4 heteroatoms. The van der Waals surface area contributed by atoms with Gasteiger partial charge in [-0.15, -0.1) is 0 Å². The summed E-state index contributed by atoms with van der Waals surface area (Å²) in [5.74, 6) is 0.854. The van der Waals surface area contributed by atoms with Gasteiger partial charge in [0.1, 0.15) is 5.82 Å². The number of H-pyrrole nitrogens is 1. The lowest BCUT2D eigenvalue weighted by atomic mass is 10.2. The van der Waals surface area contributed by atoms with E-state index in [2.05, 4.69) is 28.2 Å². The van der Waals surface area contributed by atoms with E-state index in [1.54, 1.807) is 12.3 Å². The first-order valence-corrected chi connectivity index (χ1v) is 5.77. The fraction of sp³-hybridized carbons (Fsp3) is 0.143. The lowest BCUT2D eigenvalue weighted by Crippen LogP contribution is -2.02. The maximum Gasteiger partial charge on any atom is 0.247 e. The van der Waals surface area contributed by atoms with Gasteiger partial charge in [-0.05, 0) is 30.7 Å². The van der Waals surface area contributed by atoms with E-state index in [4.69, 9.17) is 0 Å². The van der Waals surface area contributed by atoms with Gasteiger partial charge in [0.05, 0.1) is 11.0 Å². The maximum atomic E-state index is 11.1. The summed E-state index contributed by atoms with van der Waals surface area (Å²) >= 11 is 0. The lowest BCUT2D eigenvalue weighted by molar-refractivity contribution is 0.957. The Morgan fingerprint density at radius 2 is 2.06 bits per heavy atom. The summed E-state index contributed by atoms with van der Waals surface area (Å²) in [6.45, 7) is 2.05. The Morgan fingerprint density at radius 3 is 2.78 bits per heavy atom. The summed E-state index contributed by atoms with van der Waals surface area (Å²) in [6.07, 6.45) is 1.69. The minimum Gasteiger partial charge on any atom is -0.328 e. The number of aromatic nitrogens is 3. The zero-order valence-corrected chi connectivity index (χ0v) is 10.3. The van der Waals surface area contributed by atoms with Crippen LogP contribution in [0.15, 0.2) is 41.3 Å². The first-order valence-electron chi connectivity index (χ1n) is 5.77. The van der Waals surface area contributed by atoms with Gasteiger partial charge in [0.2, 0.25) is 5.56 Å². The number of nitrogens with zero attached hydrogens (tertiary/aromatic N) is 2. The van der Waals surface area contributed by atoms with Gasteiger partial charge in [0.15, 0.2) is 0 Å². The van der Waals surface area contributed by atoms with E-state index in [0.29, 0.717) is 0 Å². The highest BCUT2D eigenvalue weighted by Gasteiger charge is 2.09. The Morgan fingerprint density at radius 1 is 1.22 bits per heavy atom. The summed E-state index contributed by atoms with van der Waals surface area (Å²) < 4.78 is 2.03. The maximum absolute atomic E-state index is 11.1. The monoisotopic (exact) mass is 239 g/mol. The van der Waals surface area contributed by atoms with Gasteiger partial charge in [-0.2, -0.15) is 0 Å². The Balaban J connectivity index is 2.26. The van der Waals surface area contributed by atoms with Gasteiger partial charge in [0.25, 0.3) is 0 Å². The van der Waals surface area contributed by atoms with Crippen LogP contribution in [0.1, 0.15) is 5.56 Å². The molecule has 4 nitrogen and oxygen atoms in total. The van der Waals surface area contributed by atoms with Crippen molar-refractivity contribution in [2.24, 2.45) is 7.05 Å². The van der Waals surface area contributed by atoms with Crippen molar-refractivity contribution in [1.29, 1.82) is 0 Å². The molecule has 2 aromatic heterocycles. The van der Waals surface area contributed by atoms with E-state index in [0.717, 1.165) is 22.4 Å². The first kappa shape index (κ1) is 10.8. The zero-order chi connectivity index (χ0) is 12.7. The second-order valence-corrected chi connectivity index (χ2v) is 4.43. The van der Waals surface area contributed by atoms with E-state index in [-0.39, 0.29) is 5.56 Å². The average molecular weight is 239 g/mol. The van der Waals surface area contributed by atoms with Gasteiger partial charge in [-0.25, -0.2) is 4.98 Å². The fourth-order valence-electron chi connectivity index (χ4n) is 2.12. The van der Waals surface area contributed by atoms with Crippen molar-refractivity contribution >= 4 is 11.0 Å². The minimum atomic E-state index is -0.103. The lowest BCUT2D eigenvalue weighted by Gasteiger charge is -2.01. The number of rotatable bonds is 1. The molecular weight excluding hydrogens is 226 g/mol. The molecule has 0 aliphatic carbocycles. The summed E-state index contributed by atoms with van der Waals surface area (Å²) in [7, 11) is 1.98. The largest absolute Gasteiger partial charge is 0.328 e. The Hall–Kier alpha value is -2.36. The second kappa shape index (κ2) is 3.84. The van der Waals surface area contributed by atoms with E-state index < -0.39 is 0 Å². The van der Waals surface area contributed by atoms with Crippen LogP contribution in [0, 0.1) is 6.92 Å². The molecule has 2 heterocycles. The standard InChI is InChI=1S/C14H13N3O/c1-9-3-5-12-11(7-9)16-14(17(12)2)10-4-6-13(18)15-8-10/h3-8H,1-2H3,(H,15,18). The predicted octanol–water partition coefficient (Wildman–Crippen LogP) is 2.24. The molecule has 18 heavy (non-hydrogen) atoms. The van der Waals surface area contributed by atoms with Crippen molar-refractivity contribution in [3.8, 4) is 11.4 Å². The van der Waals surface area contributed by atoms with E-state index >= 15 is 0 Å². The van der Waals surface area contributed by atoms with Crippen molar-refractivity contribution in [1.82, 2.24) is 14.5 Å². The molecular formula is C14H13N3O. The molecule has 0 spiro atoms. The molecule has 0 aliphatic rings. The molecule has 1 N–H and O–H groups in total. The van der Waals surface area contributed by atoms with Crippen LogP contribution in [0.3, 0.4) is 0 Å². The van der Waals surface area contributed by atoms with Crippen LogP contribution >= 0.6 is 0 Å². The number of pyridine rings is 1. The molecule has 0 unspecified atom stereocenters. The molecule has 0 amide bonds. The third-order valence-electron chi connectivity index (χ3n) is 3.08. The zero-order valence-electron chi connectivity index (χ0n) is 10.3. The SMILES string of the molecule is Cc1ccc2c(c1)nc(-c1ccc(=O)[nH]c1)n2C. The molecule has 90 valence electrons. The fourth-order valence-corrected chi connectivity index (χ4v) is 2.12. The van der Waals surface area contributed by atoms with E-state index in [1.165, 1.54) is 11.6 Å². The molecule has 3 aromatic rings. The normalized spacial score (nSPS) is 11.0. The number of benzene rings is 1. The Kier molecular flexibility index (Phi) is 2.30. The summed E-state index contributed by atoms with van der Waals surface area (Å²) in [5, 5.41) is 0. The number of aromatic amines is 1. The number of imidazole rings is 1. The highest BCUT2D eigenvalue weighted by molar-refractivity contribution is 5.81. The molecule has 0 atom stereocenters. The van der Waals surface area contributed by atoms with Gasteiger partial charge in [-0.1, -0.05) is 6.07 Å². The molecule has 3 rings (SSSR count). The van der Waals surface area contributed by atoms with Crippen LogP contribution in [0.5, 0.6) is 0 Å². The van der Waals surface area contributed by atoms with Crippen molar-refractivity contribution in [2.75, 3.05) is 0 Å². The topological polar surface area (TPSA) is 50.7 Å². The summed E-state index contributed by atoms with van der Waals surface area (Å²) in [5.41, 5.74) is 4.05. The molecule has 0 bridgehead atoms. The smallest absolute Gasteiger partial charge is 0.247 e. The predicted molar refractivity (Wildman–Crippen MR) is 71.5 cm³/mol. The van der Waals surface area contributed by atoms with Crippen LogP contribution in [-0.4, -0.2) is 14.5 Å². The highest BCUT2D eigenvalue weighted by Crippen LogP contribution is 2.23. The van der Waals surface area contributed by atoms with E-state index in [9.17, 15) is 4.79 Å². The molecule has 0 aliphatic heterocycles. The molecule has 0 saturated carbocycles. The van der Waals surface area contributed by atoms with Gasteiger partial charge in [0, 0.05) is 24.9 Å². The molecule has 1 aromatic carbocycles. The quantitative estimate of drug-likeness (QED) is 0.708. The second-order valence-electron chi connectivity index (χ2n) is 4.43. The molecule has 0 saturated heterocycles. The van der Waals surface area contributed by atoms with Crippen LogP contribution < -0.4 is 5.56 Å². The van der Waals surface area contributed by atoms with Crippen LogP contribution in [0.4, 0.5) is 0 Å². The van der Waals surface area contributed by atoms with Gasteiger partial charge >= 0.3 is 0 Å². The first-order chi connectivity index (χ1) is 8.65.